The molecule has 9 nitrogen and oxygen atoms in total. The van der Waals surface area contributed by atoms with Gasteiger partial charge in [-0.3, -0.25) is 9.69 Å². The number of hydrogen-bond donors (Lipinski definition) is 1. The van der Waals surface area contributed by atoms with Crippen molar-refractivity contribution in [1.29, 1.82) is 0 Å². The maximum Gasteiger partial charge on any atom is 0.253 e. The summed E-state index contributed by atoms with van der Waals surface area (Å²) >= 11 is 0. The Morgan fingerprint density at radius 3 is 2.56 bits per heavy atom. The van der Waals surface area contributed by atoms with E-state index in [1.165, 1.54) is 18.4 Å². The van der Waals surface area contributed by atoms with Gasteiger partial charge >= 0.3 is 0 Å². The van der Waals surface area contributed by atoms with Crippen molar-refractivity contribution >= 4 is 15.9 Å². The molecule has 3 aromatic rings. The summed E-state index contributed by atoms with van der Waals surface area (Å²) < 4.78 is 43.8. The SMILES string of the molecule is O=C(c1cccc(S(=O)(=O)NCc2ccco2)c1)N1CCN(Cc2ccc3c(c2)OCO3)CC1. The molecule has 0 atom stereocenters. The molecule has 3 heterocycles. The monoisotopic (exact) mass is 483 g/mol. The highest BCUT2D eigenvalue weighted by molar-refractivity contribution is 7.89. The van der Waals surface area contributed by atoms with E-state index in [1.54, 1.807) is 29.2 Å². The molecule has 2 aliphatic rings. The molecular weight excluding hydrogens is 458 g/mol. The Balaban J connectivity index is 1.18. The minimum Gasteiger partial charge on any atom is -0.468 e. The van der Waals surface area contributed by atoms with Gasteiger partial charge in [-0.1, -0.05) is 12.1 Å². The van der Waals surface area contributed by atoms with Crippen molar-refractivity contribution in [3.8, 4) is 11.5 Å². The second-order valence-electron chi connectivity index (χ2n) is 8.19. The lowest BCUT2D eigenvalue weighted by atomic mass is 10.1. The number of carbonyl (C=O) groups is 1. The molecule has 0 radical (unpaired) electrons. The fourth-order valence-corrected chi connectivity index (χ4v) is 5.09. The van der Waals surface area contributed by atoms with E-state index < -0.39 is 10.0 Å². The maximum atomic E-state index is 13.1. The molecule has 0 aliphatic carbocycles. The first-order valence-electron chi connectivity index (χ1n) is 11.0. The van der Waals surface area contributed by atoms with Crippen LogP contribution in [-0.4, -0.2) is 57.1 Å². The van der Waals surface area contributed by atoms with Crippen LogP contribution in [0.15, 0.2) is 70.2 Å². The second-order valence-corrected chi connectivity index (χ2v) is 9.95. The van der Waals surface area contributed by atoms with Gasteiger partial charge in [-0.15, -0.1) is 0 Å². The van der Waals surface area contributed by atoms with Crippen LogP contribution < -0.4 is 14.2 Å². The Morgan fingerprint density at radius 1 is 0.941 bits per heavy atom. The summed E-state index contributed by atoms with van der Waals surface area (Å²) in [6.45, 7) is 3.63. The average Bonchev–Trinajstić information content (AvgIpc) is 3.55. The van der Waals surface area contributed by atoms with Crippen molar-refractivity contribution in [3.63, 3.8) is 0 Å². The van der Waals surface area contributed by atoms with Gasteiger partial charge < -0.3 is 18.8 Å². The number of fused-ring (bicyclic) bond motifs is 1. The molecule has 5 rings (SSSR count). The molecule has 2 aromatic carbocycles. The number of nitrogens with one attached hydrogen (secondary N) is 1. The highest BCUT2D eigenvalue weighted by atomic mass is 32.2. The van der Waals surface area contributed by atoms with Crippen LogP contribution in [0.5, 0.6) is 11.5 Å². The molecule has 1 fully saturated rings. The number of hydrogen-bond acceptors (Lipinski definition) is 7. The summed E-state index contributed by atoms with van der Waals surface area (Å²) in [4.78, 5) is 17.2. The Labute approximate surface area is 197 Å². The van der Waals surface area contributed by atoms with Crippen molar-refractivity contribution in [2.24, 2.45) is 0 Å². The molecule has 1 aromatic heterocycles. The summed E-state index contributed by atoms with van der Waals surface area (Å²) in [7, 11) is -3.78. The molecular formula is C24H25N3O6S. The van der Waals surface area contributed by atoms with Gasteiger partial charge in [-0.2, -0.15) is 0 Å². The number of carbonyl (C=O) groups excluding carboxylic acids is 1. The van der Waals surface area contributed by atoms with Gasteiger partial charge in [0.05, 0.1) is 17.7 Å². The van der Waals surface area contributed by atoms with Crippen LogP contribution >= 0.6 is 0 Å². The number of sulfonamides is 1. The third-order valence-corrected chi connectivity index (χ3v) is 7.31. The molecule has 2 aliphatic heterocycles. The summed E-state index contributed by atoms with van der Waals surface area (Å²) in [5.41, 5.74) is 1.48. The van der Waals surface area contributed by atoms with Gasteiger partial charge in [-0.25, -0.2) is 13.1 Å². The van der Waals surface area contributed by atoms with Crippen molar-refractivity contribution in [3.05, 3.63) is 77.7 Å². The quantitative estimate of drug-likeness (QED) is 0.551. The first-order chi connectivity index (χ1) is 16.5. The van der Waals surface area contributed by atoms with Crippen LogP contribution in [0.4, 0.5) is 0 Å². The Hall–Kier alpha value is -3.34. The minimum atomic E-state index is -3.78. The zero-order chi connectivity index (χ0) is 23.5. The van der Waals surface area contributed by atoms with Gasteiger partial charge in [0, 0.05) is 38.3 Å². The zero-order valence-corrected chi connectivity index (χ0v) is 19.3. The van der Waals surface area contributed by atoms with E-state index in [0.29, 0.717) is 24.4 Å². The summed E-state index contributed by atoms with van der Waals surface area (Å²) in [6.07, 6.45) is 1.48. The second kappa shape index (κ2) is 9.49. The van der Waals surface area contributed by atoms with Gasteiger partial charge in [-0.05, 0) is 48.0 Å². The number of furan rings is 1. The summed E-state index contributed by atoms with van der Waals surface area (Å²) in [6, 6.07) is 15.4. The third-order valence-electron chi connectivity index (χ3n) is 5.91. The van der Waals surface area contributed by atoms with Crippen molar-refractivity contribution in [2.45, 2.75) is 18.0 Å². The highest BCUT2D eigenvalue weighted by Crippen LogP contribution is 2.32. The fourth-order valence-electron chi connectivity index (χ4n) is 4.05. The van der Waals surface area contributed by atoms with Crippen LogP contribution in [-0.2, 0) is 23.1 Å². The lowest BCUT2D eigenvalue weighted by Gasteiger charge is -2.34. The first-order valence-corrected chi connectivity index (χ1v) is 12.5. The minimum absolute atomic E-state index is 0.0405. The third kappa shape index (κ3) is 4.93. The van der Waals surface area contributed by atoms with E-state index in [1.807, 2.05) is 18.2 Å². The Kier molecular flexibility index (Phi) is 6.27. The van der Waals surface area contributed by atoms with Gasteiger partial charge in [0.15, 0.2) is 11.5 Å². The maximum absolute atomic E-state index is 13.1. The number of nitrogens with zero attached hydrogens (tertiary/aromatic N) is 2. The molecule has 1 saturated heterocycles. The Morgan fingerprint density at radius 2 is 1.76 bits per heavy atom. The van der Waals surface area contributed by atoms with Gasteiger partial charge in [0.25, 0.3) is 5.91 Å². The molecule has 34 heavy (non-hydrogen) atoms. The van der Waals surface area contributed by atoms with E-state index >= 15 is 0 Å². The lowest BCUT2D eigenvalue weighted by Crippen LogP contribution is -2.48. The molecule has 1 amide bonds. The van der Waals surface area contributed by atoms with Crippen LogP contribution in [0.1, 0.15) is 21.7 Å². The van der Waals surface area contributed by atoms with Crippen molar-refractivity contribution in [1.82, 2.24) is 14.5 Å². The summed E-state index contributed by atoms with van der Waals surface area (Å²) in [5.74, 6) is 1.86. The van der Waals surface area contributed by atoms with Gasteiger partial charge in [0.1, 0.15) is 5.76 Å². The first kappa shape index (κ1) is 22.5. The number of piperazine rings is 1. The topological polar surface area (TPSA) is 101 Å². The van der Waals surface area contributed by atoms with Crippen LogP contribution in [0, 0.1) is 0 Å². The van der Waals surface area contributed by atoms with Gasteiger partial charge in [0.2, 0.25) is 16.8 Å². The molecule has 0 spiro atoms. The molecule has 0 bridgehead atoms. The standard InChI is InChI=1S/C24H25N3O6S/c28-24(19-3-1-5-21(14-19)34(29,30)25-15-20-4-2-12-31-20)27-10-8-26(9-11-27)16-18-6-7-22-23(13-18)33-17-32-22/h1-7,12-14,25H,8-11,15-17H2. The number of rotatable bonds is 7. The van der Waals surface area contributed by atoms with Crippen LogP contribution in [0.2, 0.25) is 0 Å². The predicted molar refractivity (Wildman–Crippen MR) is 123 cm³/mol. The van der Waals surface area contributed by atoms with Crippen molar-refractivity contribution < 1.29 is 27.1 Å². The van der Waals surface area contributed by atoms with Crippen LogP contribution in [0.3, 0.4) is 0 Å². The highest BCUT2D eigenvalue weighted by Gasteiger charge is 2.24. The number of ether oxygens (including phenoxy) is 2. The molecule has 178 valence electrons. The molecule has 0 unspecified atom stereocenters. The number of benzene rings is 2. The molecule has 10 heteroatoms. The fraction of sp³-hybridized carbons (Fsp3) is 0.292. The van der Waals surface area contributed by atoms with E-state index in [0.717, 1.165) is 36.7 Å². The van der Waals surface area contributed by atoms with Crippen molar-refractivity contribution in [2.75, 3.05) is 33.0 Å². The van der Waals surface area contributed by atoms with Crippen LogP contribution in [0.25, 0.3) is 0 Å². The molecule has 0 saturated carbocycles. The normalized spacial score (nSPS) is 16.1. The average molecular weight is 484 g/mol. The van der Waals surface area contributed by atoms with E-state index in [9.17, 15) is 13.2 Å². The van der Waals surface area contributed by atoms with E-state index in [4.69, 9.17) is 13.9 Å². The smallest absolute Gasteiger partial charge is 0.253 e. The van der Waals surface area contributed by atoms with E-state index in [2.05, 4.69) is 9.62 Å². The molecule has 1 N–H and O–H groups in total. The van der Waals surface area contributed by atoms with E-state index in [-0.39, 0.29) is 24.1 Å². The predicted octanol–water partition coefficient (Wildman–Crippen LogP) is 2.44. The number of amides is 1. The summed E-state index contributed by atoms with van der Waals surface area (Å²) in [5, 5.41) is 0. The Bertz CT molecular complexity index is 1270. The lowest BCUT2D eigenvalue weighted by molar-refractivity contribution is 0.0628. The largest absolute Gasteiger partial charge is 0.468 e. The zero-order valence-electron chi connectivity index (χ0n) is 18.5.